The summed E-state index contributed by atoms with van der Waals surface area (Å²) >= 11 is 1.69. The quantitative estimate of drug-likeness (QED) is 0.664. The van der Waals surface area contributed by atoms with Crippen molar-refractivity contribution in [1.82, 2.24) is 15.2 Å². The molecule has 1 spiro atoms. The van der Waals surface area contributed by atoms with Gasteiger partial charge in [0.15, 0.2) is 5.79 Å². The number of aryl methyl sites for hydroxylation is 2. The highest BCUT2D eigenvalue weighted by atomic mass is 32.1. The summed E-state index contributed by atoms with van der Waals surface area (Å²) in [6, 6.07) is 0. The van der Waals surface area contributed by atoms with Crippen LogP contribution in [0.1, 0.15) is 22.6 Å². The zero-order valence-corrected chi connectivity index (χ0v) is 12.9. The predicted molar refractivity (Wildman–Crippen MR) is 83.5 cm³/mol. The molecule has 1 aliphatic carbocycles. The van der Waals surface area contributed by atoms with Gasteiger partial charge in [-0.25, -0.2) is 4.98 Å². The van der Waals surface area contributed by atoms with Gasteiger partial charge in [-0.15, -0.1) is 11.3 Å². The number of pyridine rings is 1. The van der Waals surface area contributed by atoms with Crippen molar-refractivity contribution in [3.8, 4) is 0 Å². The fourth-order valence-corrected chi connectivity index (χ4v) is 5.09. The standard InChI is InChI=1S/C15H15N3O3S/c1-7-10-12(17-18-13(10)19)11-8-2-3-15(20-4-5-21-15)6-9(8)22-14(11)16-7/h2-6H2,1H3,(H2,17,18,19). The lowest BCUT2D eigenvalue weighted by molar-refractivity contribution is -0.163. The molecule has 6 nitrogen and oxygen atoms in total. The molecule has 1 fully saturated rings. The molecule has 7 heteroatoms. The van der Waals surface area contributed by atoms with Gasteiger partial charge >= 0.3 is 0 Å². The van der Waals surface area contributed by atoms with E-state index in [0.29, 0.717) is 18.6 Å². The van der Waals surface area contributed by atoms with Crippen molar-refractivity contribution < 1.29 is 9.47 Å². The summed E-state index contributed by atoms with van der Waals surface area (Å²) in [5, 5.41) is 7.48. The number of rotatable bonds is 0. The fourth-order valence-electron chi connectivity index (χ4n) is 3.73. The number of hydrogen-bond donors (Lipinski definition) is 2. The van der Waals surface area contributed by atoms with E-state index in [9.17, 15) is 4.79 Å². The van der Waals surface area contributed by atoms with Crippen LogP contribution in [0.15, 0.2) is 4.79 Å². The van der Waals surface area contributed by atoms with Crippen molar-refractivity contribution in [1.29, 1.82) is 0 Å². The number of hydrogen-bond acceptors (Lipinski definition) is 5. The maximum atomic E-state index is 12.0. The first-order chi connectivity index (χ1) is 10.7. The van der Waals surface area contributed by atoms with E-state index in [1.54, 1.807) is 11.3 Å². The van der Waals surface area contributed by atoms with E-state index in [2.05, 4.69) is 15.2 Å². The molecule has 1 saturated heterocycles. The minimum absolute atomic E-state index is 0.100. The Balaban J connectivity index is 1.79. The highest BCUT2D eigenvalue weighted by Crippen LogP contribution is 2.43. The van der Waals surface area contributed by atoms with Crippen LogP contribution in [0.2, 0.25) is 0 Å². The predicted octanol–water partition coefficient (Wildman–Crippen LogP) is 2.01. The van der Waals surface area contributed by atoms with E-state index in [0.717, 1.165) is 40.7 Å². The molecule has 3 aromatic rings. The fraction of sp³-hybridized carbons (Fsp3) is 0.467. The molecular weight excluding hydrogens is 302 g/mol. The summed E-state index contributed by atoms with van der Waals surface area (Å²) in [5.74, 6) is -0.437. The Morgan fingerprint density at radius 1 is 1.23 bits per heavy atom. The van der Waals surface area contributed by atoms with Crippen LogP contribution in [-0.4, -0.2) is 34.2 Å². The Morgan fingerprint density at radius 3 is 2.86 bits per heavy atom. The molecule has 2 N–H and O–H groups in total. The summed E-state index contributed by atoms with van der Waals surface area (Å²) < 4.78 is 11.7. The molecule has 0 aromatic carbocycles. The topological polar surface area (TPSA) is 80.0 Å². The van der Waals surface area contributed by atoms with Crippen molar-refractivity contribution in [2.75, 3.05) is 13.2 Å². The third kappa shape index (κ3) is 1.56. The second-order valence-electron chi connectivity index (χ2n) is 5.99. The maximum absolute atomic E-state index is 12.0. The van der Waals surface area contributed by atoms with E-state index in [-0.39, 0.29) is 5.56 Å². The molecule has 2 aliphatic rings. The van der Waals surface area contributed by atoms with E-state index in [1.165, 1.54) is 10.4 Å². The highest BCUT2D eigenvalue weighted by molar-refractivity contribution is 7.19. The zero-order valence-electron chi connectivity index (χ0n) is 12.1. The molecule has 0 unspecified atom stereocenters. The lowest BCUT2D eigenvalue weighted by atomic mass is 9.91. The van der Waals surface area contributed by atoms with Gasteiger partial charge in [0.05, 0.1) is 29.8 Å². The van der Waals surface area contributed by atoms with Gasteiger partial charge in [-0.2, -0.15) is 0 Å². The second-order valence-corrected chi connectivity index (χ2v) is 7.08. The largest absolute Gasteiger partial charge is 0.347 e. The average molecular weight is 317 g/mol. The monoisotopic (exact) mass is 317 g/mol. The summed E-state index contributed by atoms with van der Waals surface area (Å²) in [7, 11) is 0. The van der Waals surface area contributed by atoms with E-state index in [1.807, 2.05) is 6.92 Å². The zero-order chi connectivity index (χ0) is 14.9. The van der Waals surface area contributed by atoms with Crippen LogP contribution in [0.3, 0.4) is 0 Å². The van der Waals surface area contributed by atoms with Crippen LogP contribution < -0.4 is 5.56 Å². The number of H-pyrrole nitrogens is 2. The average Bonchev–Trinajstić information content (AvgIpc) is 3.17. The van der Waals surface area contributed by atoms with E-state index < -0.39 is 5.79 Å². The Bertz CT molecular complexity index is 962. The minimum atomic E-state index is -0.437. The molecule has 3 aromatic heterocycles. The summed E-state index contributed by atoms with van der Waals surface area (Å²) in [5.41, 5.74) is 2.84. The Kier molecular flexibility index (Phi) is 2.44. The molecule has 0 atom stereocenters. The van der Waals surface area contributed by atoms with Crippen LogP contribution in [0.5, 0.6) is 0 Å². The summed E-state index contributed by atoms with van der Waals surface area (Å²) in [6.45, 7) is 3.23. The SMILES string of the molecule is Cc1nc2sc3c(c2c2[nH][nH]c(=O)c12)CCC1(C3)OCCO1. The summed E-state index contributed by atoms with van der Waals surface area (Å²) in [4.78, 5) is 18.9. The van der Waals surface area contributed by atoms with Gasteiger partial charge in [0.25, 0.3) is 5.56 Å². The maximum Gasteiger partial charge on any atom is 0.273 e. The van der Waals surface area contributed by atoms with E-state index in [4.69, 9.17) is 9.47 Å². The Labute approximate surface area is 129 Å². The minimum Gasteiger partial charge on any atom is -0.347 e. The molecule has 0 amide bonds. The molecule has 4 heterocycles. The normalized spacial score (nSPS) is 20.2. The van der Waals surface area contributed by atoms with Gasteiger partial charge in [0, 0.05) is 23.1 Å². The number of thiophene rings is 1. The van der Waals surface area contributed by atoms with Crippen LogP contribution in [0, 0.1) is 6.92 Å². The molecule has 5 rings (SSSR count). The van der Waals surface area contributed by atoms with Crippen molar-refractivity contribution in [3.63, 3.8) is 0 Å². The lowest BCUT2D eigenvalue weighted by Crippen LogP contribution is -2.36. The number of nitrogens with one attached hydrogen (secondary N) is 2. The van der Waals surface area contributed by atoms with Gasteiger partial charge in [-0.1, -0.05) is 0 Å². The third-order valence-corrected chi connectivity index (χ3v) is 5.86. The van der Waals surface area contributed by atoms with E-state index >= 15 is 0 Å². The Hall–Kier alpha value is -1.70. The van der Waals surface area contributed by atoms with Gasteiger partial charge in [-0.3, -0.25) is 15.0 Å². The number of aromatic nitrogens is 3. The smallest absolute Gasteiger partial charge is 0.273 e. The van der Waals surface area contributed by atoms with Gasteiger partial charge < -0.3 is 9.47 Å². The van der Waals surface area contributed by atoms with Crippen molar-refractivity contribution >= 4 is 32.5 Å². The van der Waals surface area contributed by atoms with Crippen LogP contribution in [-0.2, 0) is 22.3 Å². The molecule has 0 radical (unpaired) electrons. The van der Waals surface area contributed by atoms with Gasteiger partial charge in [0.2, 0.25) is 0 Å². The second kappa shape index (κ2) is 4.18. The molecule has 22 heavy (non-hydrogen) atoms. The number of aromatic amines is 2. The van der Waals surface area contributed by atoms with Gasteiger partial charge in [0.1, 0.15) is 4.83 Å². The van der Waals surface area contributed by atoms with Crippen LogP contribution in [0.4, 0.5) is 0 Å². The van der Waals surface area contributed by atoms with Crippen molar-refractivity contribution in [2.45, 2.75) is 32.0 Å². The first kappa shape index (κ1) is 12.8. The molecular formula is C15H15N3O3S. The third-order valence-electron chi connectivity index (χ3n) is 4.73. The first-order valence-electron chi connectivity index (χ1n) is 7.46. The lowest BCUT2D eigenvalue weighted by Gasteiger charge is -2.31. The van der Waals surface area contributed by atoms with Crippen LogP contribution >= 0.6 is 11.3 Å². The Morgan fingerprint density at radius 2 is 2.05 bits per heavy atom. The van der Waals surface area contributed by atoms with Gasteiger partial charge in [-0.05, 0) is 18.9 Å². The summed E-state index contributed by atoms with van der Waals surface area (Å²) in [6.07, 6.45) is 2.52. The highest BCUT2D eigenvalue weighted by Gasteiger charge is 2.41. The first-order valence-corrected chi connectivity index (χ1v) is 8.28. The molecule has 0 bridgehead atoms. The van der Waals surface area contributed by atoms with Crippen LogP contribution in [0.25, 0.3) is 21.1 Å². The molecule has 0 saturated carbocycles. The van der Waals surface area contributed by atoms with Crippen molar-refractivity contribution in [3.05, 3.63) is 26.5 Å². The number of ether oxygens (including phenoxy) is 2. The molecule has 1 aliphatic heterocycles. The van der Waals surface area contributed by atoms with Crippen molar-refractivity contribution in [2.24, 2.45) is 0 Å². The molecule has 114 valence electrons. The number of fused-ring (bicyclic) bond motifs is 5. The number of nitrogens with zero attached hydrogens (tertiary/aromatic N) is 1.